The van der Waals surface area contributed by atoms with Crippen molar-refractivity contribution >= 4 is 11.6 Å². The van der Waals surface area contributed by atoms with Gasteiger partial charge < -0.3 is 5.32 Å². The molecule has 0 saturated carbocycles. The summed E-state index contributed by atoms with van der Waals surface area (Å²) < 4.78 is 4.96. The Balaban J connectivity index is 1.41. The summed E-state index contributed by atoms with van der Waals surface area (Å²) in [5.74, 6) is 1.21. The van der Waals surface area contributed by atoms with E-state index in [1.54, 1.807) is 32.1 Å². The summed E-state index contributed by atoms with van der Waals surface area (Å²) in [4.78, 5) is 29.3. The Hall–Kier alpha value is -2.97. The first-order chi connectivity index (χ1) is 13.5. The summed E-state index contributed by atoms with van der Waals surface area (Å²) in [6, 6.07) is 3.45. The Morgan fingerprint density at radius 1 is 1.36 bits per heavy atom. The lowest BCUT2D eigenvalue weighted by atomic mass is 10.1. The first-order valence-electron chi connectivity index (χ1n) is 9.78. The molecule has 4 heterocycles. The van der Waals surface area contributed by atoms with Gasteiger partial charge in [0.15, 0.2) is 5.65 Å². The van der Waals surface area contributed by atoms with E-state index >= 15 is 0 Å². The van der Waals surface area contributed by atoms with Crippen molar-refractivity contribution in [3.05, 3.63) is 46.5 Å². The molecule has 9 heteroatoms. The van der Waals surface area contributed by atoms with E-state index in [1.807, 2.05) is 0 Å². The van der Waals surface area contributed by atoms with Crippen molar-refractivity contribution in [3.8, 4) is 0 Å². The molecule has 0 radical (unpaired) electrons. The number of nitrogens with one attached hydrogen (secondary N) is 1. The molecule has 9 nitrogen and oxygen atoms in total. The van der Waals surface area contributed by atoms with Crippen LogP contribution in [-0.2, 0) is 19.5 Å². The number of aryl methyl sites for hydroxylation is 2. The van der Waals surface area contributed by atoms with Gasteiger partial charge in [-0.3, -0.25) is 9.36 Å². The van der Waals surface area contributed by atoms with Crippen molar-refractivity contribution in [2.75, 3.05) is 0 Å². The molecule has 0 aromatic carbocycles. The predicted octanol–water partition coefficient (Wildman–Crippen LogP) is 1.27. The number of fused-ring (bicyclic) bond motifs is 2. The summed E-state index contributed by atoms with van der Waals surface area (Å²) in [5, 5.41) is 11.6. The van der Waals surface area contributed by atoms with Crippen molar-refractivity contribution < 1.29 is 4.79 Å². The summed E-state index contributed by atoms with van der Waals surface area (Å²) in [7, 11) is 0. The van der Waals surface area contributed by atoms with Gasteiger partial charge in [0.2, 0.25) is 0 Å². The Kier molecular flexibility index (Phi) is 4.97. The van der Waals surface area contributed by atoms with E-state index < -0.39 is 0 Å². The average molecular weight is 383 g/mol. The molecule has 0 saturated heterocycles. The monoisotopic (exact) mass is 383 g/mol. The number of carbonyl (C=O) groups excluding carboxylic acids is 1. The predicted molar refractivity (Wildman–Crippen MR) is 103 cm³/mol. The lowest BCUT2D eigenvalue weighted by molar-refractivity contribution is 0.0933. The highest BCUT2D eigenvalue weighted by Crippen LogP contribution is 2.14. The minimum absolute atomic E-state index is 0.00631. The van der Waals surface area contributed by atoms with E-state index in [4.69, 9.17) is 0 Å². The number of pyridine rings is 1. The molecule has 1 amide bonds. The van der Waals surface area contributed by atoms with E-state index in [0.29, 0.717) is 43.1 Å². The molecule has 3 aromatic heterocycles. The third-order valence-corrected chi connectivity index (χ3v) is 5.21. The zero-order valence-electron chi connectivity index (χ0n) is 16.2. The maximum Gasteiger partial charge on any atom is 0.345 e. The first kappa shape index (κ1) is 18.4. The van der Waals surface area contributed by atoms with Crippen LogP contribution in [0.4, 0.5) is 0 Å². The van der Waals surface area contributed by atoms with Gasteiger partial charge in [-0.1, -0.05) is 13.8 Å². The van der Waals surface area contributed by atoms with Gasteiger partial charge in [0, 0.05) is 37.3 Å². The maximum atomic E-state index is 12.6. The minimum Gasteiger partial charge on any atom is -0.349 e. The van der Waals surface area contributed by atoms with Crippen LogP contribution >= 0.6 is 0 Å². The summed E-state index contributed by atoms with van der Waals surface area (Å²) in [6.07, 6.45) is 6.27. The van der Waals surface area contributed by atoms with Crippen LogP contribution < -0.4 is 11.0 Å². The quantitative estimate of drug-likeness (QED) is 0.715. The van der Waals surface area contributed by atoms with E-state index in [-0.39, 0.29) is 17.6 Å². The Bertz CT molecular complexity index is 1050. The van der Waals surface area contributed by atoms with Crippen LogP contribution in [0.3, 0.4) is 0 Å². The molecular weight excluding hydrogens is 358 g/mol. The van der Waals surface area contributed by atoms with Gasteiger partial charge in [-0.15, -0.1) is 0 Å². The molecule has 3 aromatic rings. The second-order valence-electron chi connectivity index (χ2n) is 7.73. The van der Waals surface area contributed by atoms with E-state index in [1.165, 1.54) is 6.33 Å². The molecule has 0 bridgehead atoms. The average Bonchev–Trinajstić information content (AvgIpc) is 3.20. The maximum absolute atomic E-state index is 12.6. The SMILES string of the molecule is CC(C)CCn1nc2n(c1=O)CCC(NC(=O)c1ccn3ncnc3c1)CC2. The van der Waals surface area contributed by atoms with Crippen LogP contribution in [0.5, 0.6) is 0 Å². The topological polar surface area (TPSA) is 99.1 Å². The Labute approximate surface area is 162 Å². The molecule has 28 heavy (non-hydrogen) atoms. The number of hydrogen-bond acceptors (Lipinski definition) is 5. The van der Waals surface area contributed by atoms with Gasteiger partial charge in [0.05, 0.1) is 0 Å². The summed E-state index contributed by atoms with van der Waals surface area (Å²) in [5.41, 5.74) is 1.15. The summed E-state index contributed by atoms with van der Waals surface area (Å²) >= 11 is 0. The Morgan fingerprint density at radius 3 is 3.04 bits per heavy atom. The van der Waals surface area contributed by atoms with Crippen LogP contribution in [0.25, 0.3) is 5.65 Å². The number of hydrogen-bond donors (Lipinski definition) is 1. The van der Waals surface area contributed by atoms with Crippen molar-refractivity contribution in [1.29, 1.82) is 0 Å². The van der Waals surface area contributed by atoms with Gasteiger partial charge in [-0.2, -0.15) is 10.2 Å². The van der Waals surface area contributed by atoms with E-state index in [0.717, 1.165) is 18.7 Å². The second-order valence-corrected chi connectivity index (χ2v) is 7.73. The molecule has 0 fully saturated rings. The normalized spacial score (nSPS) is 16.9. The lowest BCUT2D eigenvalue weighted by Gasteiger charge is -2.16. The fourth-order valence-electron chi connectivity index (χ4n) is 3.52. The largest absolute Gasteiger partial charge is 0.349 e. The van der Waals surface area contributed by atoms with Crippen molar-refractivity contribution in [2.24, 2.45) is 5.92 Å². The molecule has 1 aliphatic rings. The third-order valence-electron chi connectivity index (χ3n) is 5.21. The van der Waals surface area contributed by atoms with Gasteiger partial charge in [-0.05, 0) is 37.3 Å². The van der Waals surface area contributed by atoms with Gasteiger partial charge >= 0.3 is 5.69 Å². The van der Waals surface area contributed by atoms with E-state index in [2.05, 4.69) is 34.3 Å². The van der Waals surface area contributed by atoms with Crippen LogP contribution in [0.1, 0.15) is 49.3 Å². The molecule has 148 valence electrons. The number of amides is 1. The van der Waals surface area contributed by atoms with Crippen molar-refractivity contribution in [1.82, 2.24) is 34.3 Å². The molecule has 1 atom stereocenters. The second kappa shape index (κ2) is 7.57. The molecule has 1 aliphatic heterocycles. The smallest absolute Gasteiger partial charge is 0.345 e. The zero-order valence-corrected chi connectivity index (χ0v) is 16.2. The van der Waals surface area contributed by atoms with Crippen LogP contribution in [-0.4, -0.2) is 40.9 Å². The first-order valence-corrected chi connectivity index (χ1v) is 9.78. The number of carbonyl (C=O) groups is 1. The van der Waals surface area contributed by atoms with Crippen molar-refractivity contribution in [2.45, 2.75) is 58.7 Å². The fourth-order valence-corrected chi connectivity index (χ4v) is 3.52. The molecule has 0 spiro atoms. The highest BCUT2D eigenvalue weighted by atomic mass is 16.2. The molecule has 1 N–H and O–H groups in total. The fraction of sp³-hybridized carbons (Fsp3) is 0.526. The number of aromatic nitrogens is 6. The van der Waals surface area contributed by atoms with E-state index in [9.17, 15) is 9.59 Å². The number of nitrogens with zero attached hydrogens (tertiary/aromatic N) is 6. The zero-order chi connectivity index (χ0) is 19.7. The molecule has 0 aliphatic carbocycles. The van der Waals surface area contributed by atoms with Crippen LogP contribution in [0.2, 0.25) is 0 Å². The standard InChI is InChI=1S/C19H25N7O2/c1-13(2)5-9-26-19(28)24-8-7-15(3-4-16(24)23-26)22-18(27)14-6-10-25-17(11-14)20-12-21-25/h6,10-13,15H,3-5,7-9H2,1-2H3,(H,22,27). The third kappa shape index (κ3) is 3.69. The van der Waals surface area contributed by atoms with Gasteiger partial charge in [0.25, 0.3) is 5.91 Å². The molecule has 1 unspecified atom stereocenters. The number of rotatable bonds is 5. The van der Waals surface area contributed by atoms with Crippen molar-refractivity contribution in [3.63, 3.8) is 0 Å². The van der Waals surface area contributed by atoms with Crippen LogP contribution in [0, 0.1) is 5.92 Å². The van der Waals surface area contributed by atoms with Gasteiger partial charge in [0.1, 0.15) is 12.2 Å². The lowest BCUT2D eigenvalue weighted by Crippen LogP contribution is -2.36. The highest BCUT2D eigenvalue weighted by molar-refractivity contribution is 5.95. The minimum atomic E-state index is -0.135. The molecule has 4 rings (SSSR count). The van der Waals surface area contributed by atoms with Gasteiger partial charge in [-0.25, -0.2) is 19.0 Å². The van der Waals surface area contributed by atoms with Crippen LogP contribution in [0.15, 0.2) is 29.5 Å². The highest BCUT2D eigenvalue weighted by Gasteiger charge is 2.22. The summed E-state index contributed by atoms with van der Waals surface area (Å²) in [6.45, 7) is 5.51. The molecular formula is C19H25N7O2. The Morgan fingerprint density at radius 2 is 2.21 bits per heavy atom.